The first-order chi connectivity index (χ1) is 12.3. The molecule has 3 rings (SSSR count). The highest BCUT2D eigenvalue weighted by molar-refractivity contribution is 7.80. The number of benzene rings is 3. The highest BCUT2D eigenvalue weighted by Gasteiger charge is 2.08. The monoisotopic (exact) mass is 350 g/mol. The molecule has 0 unspecified atom stereocenters. The van der Waals surface area contributed by atoms with Crippen molar-refractivity contribution in [3.8, 4) is 17.2 Å². The lowest BCUT2D eigenvalue weighted by Crippen LogP contribution is -2.19. The van der Waals surface area contributed by atoms with Crippen LogP contribution in [0.3, 0.4) is 0 Å². The van der Waals surface area contributed by atoms with Crippen molar-refractivity contribution < 1.29 is 9.47 Å². The largest absolute Gasteiger partial charge is 0.495 e. The van der Waals surface area contributed by atoms with E-state index in [1.807, 2.05) is 78.9 Å². The van der Waals surface area contributed by atoms with Crippen molar-refractivity contribution in [1.82, 2.24) is 0 Å². The summed E-state index contributed by atoms with van der Waals surface area (Å²) in [6, 6.07) is 24.9. The molecular weight excluding hydrogens is 332 g/mol. The van der Waals surface area contributed by atoms with E-state index in [-0.39, 0.29) is 0 Å². The smallest absolute Gasteiger partial charge is 0.175 e. The van der Waals surface area contributed by atoms with Gasteiger partial charge in [0, 0.05) is 0 Å². The molecule has 0 aliphatic carbocycles. The number of thiocarbonyl (C=S) groups is 1. The normalized spacial score (nSPS) is 9.96. The fourth-order valence-electron chi connectivity index (χ4n) is 2.30. The maximum Gasteiger partial charge on any atom is 0.175 e. The van der Waals surface area contributed by atoms with Crippen LogP contribution in [0.25, 0.3) is 0 Å². The van der Waals surface area contributed by atoms with Crippen molar-refractivity contribution in [2.45, 2.75) is 0 Å². The number of hydrogen-bond acceptors (Lipinski definition) is 3. The molecule has 25 heavy (non-hydrogen) atoms. The Balaban J connectivity index is 1.73. The van der Waals surface area contributed by atoms with E-state index in [0.717, 1.165) is 22.9 Å². The fraction of sp³-hybridized carbons (Fsp3) is 0.0500. The molecule has 0 radical (unpaired) electrons. The molecular formula is C20H18N2O2S. The summed E-state index contributed by atoms with van der Waals surface area (Å²) < 4.78 is 11.3. The Hall–Kier alpha value is -3.05. The van der Waals surface area contributed by atoms with Gasteiger partial charge in [0.15, 0.2) is 10.9 Å². The van der Waals surface area contributed by atoms with Crippen molar-refractivity contribution in [2.24, 2.45) is 0 Å². The first-order valence-electron chi connectivity index (χ1n) is 7.79. The lowest BCUT2D eigenvalue weighted by Gasteiger charge is -2.16. The molecule has 0 heterocycles. The average molecular weight is 350 g/mol. The van der Waals surface area contributed by atoms with Crippen LogP contribution >= 0.6 is 12.2 Å². The maximum atomic E-state index is 5.93. The molecule has 0 bridgehead atoms. The zero-order chi connectivity index (χ0) is 17.5. The Morgan fingerprint density at radius 3 is 1.88 bits per heavy atom. The molecule has 0 saturated carbocycles. The molecule has 0 fully saturated rings. The fourth-order valence-corrected chi connectivity index (χ4v) is 2.52. The minimum absolute atomic E-state index is 0.452. The van der Waals surface area contributed by atoms with Gasteiger partial charge in [0.05, 0.1) is 18.5 Å². The summed E-state index contributed by atoms with van der Waals surface area (Å²) in [4.78, 5) is 0. The van der Waals surface area contributed by atoms with Gasteiger partial charge in [-0.05, 0) is 48.6 Å². The standard InChI is InChI=1S/C20H18N2O2S/c1-23-18-13-7-5-11-16(18)21-20(25)22-17-12-6-8-14-19(17)24-15-9-3-2-4-10-15/h2-14H,1H3,(H2,21,22,25). The quantitative estimate of drug-likeness (QED) is 0.612. The van der Waals surface area contributed by atoms with Crippen molar-refractivity contribution in [3.05, 3.63) is 78.9 Å². The van der Waals surface area contributed by atoms with Gasteiger partial charge in [-0.25, -0.2) is 0 Å². The molecule has 4 nitrogen and oxygen atoms in total. The molecule has 0 spiro atoms. The molecule has 126 valence electrons. The van der Waals surface area contributed by atoms with Crippen molar-refractivity contribution in [3.63, 3.8) is 0 Å². The molecule has 5 heteroatoms. The van der Waals surface area contributed by atoms with Gasteiger partial charge in [0.1, 0.15) is 11.5 Å². The molecule has 0 atom stereocenters. The molecule has 0 saturated heterocycles. The van der Waals surface area contributed by atoms with E-state index in [0.29, 0.717) is 10.9 Å². The second-order valence-electron chi connectivity index (χ2n) is 5.19. The summed E-state index contributed by atoms with van der Waals surface area (Å²) in [5.41, 5.74) is 1.57. The van der Waals surface area contributed by atoms with Crippen LogP contribution < -0.4 is 20.1 Å². The zero-order valence-corrected chi connectivity index (χ0v) is 14.5. The first kappa shape index (κ1) is 16.8. The number of ether oxygens (including phenoxy) is 2. The van der Waals surface area contributed by atoms with Crippen LogP contribution in [0, 0.1) is 0 Å². The van der Waals surface area contributed by atoms with Gasteiger partial charge < -0.3 is 20.1 Å². The van der Waals surface area contributed by atoms with E-state index < -0.39 is 0 Å². The van der Waals surface area contributed by atoms with Crippen LogP contribution in [0.4, 0.5) is 11.4 Å². The molecule has 0 aliphatic heterocycles. The van der Waals surface area contributed by atoms with Crippen molar-refractivity contribution in [1.29, 1.82) is 0 Å². The zero-order valence-electron chi connectivity index (χ0n) is 13.7. The number of hydrogen-bond donors (Lipinski definition) is 2. The third-order valence-corrected chi connectivity index (χ3v) is 3.67. The molecule has 0 aromatic heterocycles. The SMILES string of the molecule is COc1ccccc1NC(=S)Nc1ccccc1Oc1ccccc1. The topological polar surface area (TPSA) is 42.5 Å². The average Bonchev–Trinajstić information content (AvgIpc) is 2.64. The highest BCUT2D eigenvalue weighted by atomic mass is 32.1. The third kappa shape index (κ3) is 4.49. The third-order valence-electron chi connectivity index (χ3n) is 3.46. The number of rotatable bonds is 5. The van der Waals surface area contributed by atoms with Gasteiger partial charge in [-0.15, -0.1) is 0 Å². The Morgan fingerprint density at radius 2 is 1.24 bits per heavy atom. The van der Waals surface area contributed by atoms with Crippen LogP contribution in [-0.2, 0) is 0 Å². The van der Waals surface area contributed by atoms with E-state index in [1.54, 1.807) is 7.11 Å². The predicted molar refractivity (Wildman–Crippen MR) is 106 cm³/mol. The summed E-state index contributed by atoms with van der Waals surface area (Å²) in [5, 5.41) is 6.76. The van der Waals surface area contributed by atoms with Gasteiger partial charge >= 0.3 is 0 Å². The summed E-state index contributed by atoms with van der Waals surface area (Å²) >= 11 is 5.42. The minimum atomic E-state index is 0.452. The second kappa shape index (κ2) is 8.17. The van der Waals surface area contributed by atoms with Gasteiger partial charge in [-0.3, -0.25) is 0 Å². The molecule has 2 N–H and O–H groups in total. The summed E-state index contributed by atoms with van der Waals surface area (Å²) in [7, 11) is 1.62. The number of nitrogens with one attached hydrogen (secondary N) is 2. The van der Waals surface area contributed by atoms with Crippen LogP contribution in [0.1, 0.15) is 0 Å². The van der Waals surface area contributed by atoms with Gasteiger partial charge in [0.25, 0.3) is 0 Å². The van der Waals surface area contributed by atoms with E-state index in [9.17, 15) is 0 Å². The lowest BCUT2D eigenvalue weighted by atomic mass is 10.3. The Kier molecular flexibility index (Phi) is 5.49. The lowest BCUT2D eigenvalue weighted by molar-refractivity contribution is 0.417. The minimum Gasteiger partial charge on any atom is -0.495 e. The van der Waals surface area contributed by atoms with E-state index in [2.05, 4.69) is 10.6 Å². The van der Waals surface area contributed by atoms with Crippen LogP contribution in [0.5, 0.6) is 17.2 Å². The van der Waals surface area contributed by atoms with Crippen LogP contribution in [0.15, 0.2) is 78.9 Å². The number of anilines is 2. The summed E-state index contributed by atoms with van der Waals surface area (Å²) in [6.07, 6.45) is 0. The van der Waals surface area contributed by atoms with Crippen molar-refractivity contribution in [2.75, 3.05) is 17.7 Å². The predicted octanol–water partition coefficient (Wildman–Crippen LogP) is 5.30. The van der Waals surface area contributed by atoms with Crippen LogP contribution in [-0.4, -0.2) is 12.2 Å². The summed E-state index contributed by atoms with van der Waals surface area (Å²) in [6.45, 7) is 0. The van der Waals surface area contributed by atoms with Crippen molar-refractivity contribution >= 4 is 28.7 Å². The molecule has 0 aliphatic rings. The Morgan fingerprint density at radius 1 is 0.720 bits per heavy atom. The second-order valence-corrected chi connectivity index (χ2v) is 5.60. The van der Waals surface area contributed by atoms with Crippen LogP contribution in [0.2, 0.25) is 0 Å². The Labute approximate surface area is 152 Å². The van der Waals surface area contributed by atoms with E-state index in [4.69, 9.17) is 21.7 Å². The first-order valence-corrected chi connectivity index (χ1v) is 8.20. The van der Waals surface area contributed by atoms with E-state index in [1.165, 1.54) is 0 Å². The highest BCUT2D eigenvalue weighted by Crippen LogP contribution is 2.29. The van der Waals surface area contributed by atoms with Gasteiger partial charge in [-0.2, -0.15) is 0 Å². The number of para-hydroxylation sites is 5. The number of methoxy groups -OCH3 is 1. The van der Waals surface area contributed by atoms with E-state index >= 15 is 0 Å². The molecule has 0 amide bonds. The Bertz CT molecular complexity index is 853. The molecule has 3 aromatic rings. The molecule has 3 aromatic carbocycles. The van der Waals surface area contributed by atoms with Gasteiger partial charge in [-0.1, -0.05) is 42.5 Å². The maximum absolute atomic E-state index is 5.93. The summed E-state index contributed by atoms with van der Waals surface area (Å²) in [5.74, 6) is 2.18. The van der Waals surface area contributed by atoms with Gasteiger partial charge in [0.2, 0.25) is 0 Å².